The summed E-state index contributed by atoms with van der Waals surface area (Å²) >= 11 is 0. The Bertz CT molecular complexity index is 805. The number of hydrogen-bond donors (Lipinski definition) is 3. The number of nitrogens with one attached hydrogen (secondary N) is 1. The number of aliphatic hydroxyl groups is 2. The Morgan fingerprint density at radius 3 is 2.56 bits per heavy atom. The molecule has 4 rings (SSSR count). The molecule has 2 amide bonds. The van der Waals surface area contributed by atoms with Crippen molar-refractivity contribution >= 4 is 6.03 Å². The van der Waals surface area contributed by atoms with Crippen molar-refractivity contribution in [2.24, 2.45) is 22.7 Å². The lowest BCUT2D eigenvalue weighted by atomic mass is 9.50. The summed E-state index contributed by atoms with van der Waals surface area (Å²) < 4.78 is 0. The number of urea groups is 1. The molecule has 6 unspecified atom stereocenters. The third kappa shape index (κ3) is 3.73. The zero-order valence-corrected chi connectivity index (χ0v) is 20.8. The molecule has 32 heavy (non-hydrogen) atoms. The quantitative estimate of drug-likeness (QED) is 0.571. The molecule has 0 aromatic heterocycles. The van der Waals surface area contributed by atoms with Gasteiger partial charge in [0.15, 0.2) is 0 Å². The lowest BCUT2D eigenvalue weighted by molar-refractivity contribution is -0.0964. The van der Waals surface area contributed by atoms with E-state index < -0.39 is 5.60 Å². The summed E-state index contributed by atoms with van der Waals surface area (Å²) in [6, 6.07) is 0.0238. The van der Waals surface area contributed by atoms with Gasteiger partial charge in [-0.05, 0) is 82.5 Å². The summed E-state index contributed by atoms with van der Waals surface area (Å²) in [4.78, 5) is 14.7. The monoisotopic (exact) mass is 444 g/mol. The van der Waals surface area contributed by atoms with Gasteiger partial charge in [-0.2, -0.15) is 0 Å². The summed E-state index contributed by atoms with van der Waals surface area (Å²) in [6.45, 7) is 11.8. The van der Waals surface area contributed by atoms with Crippen molar-refractivity contribution in [3.05, 3.63) is 23.3 Å². The molecular weight excluding hydrogens is 400 g/mol. The molecule has 0 radical (unpaired) electrons. The molecule has 5 nitrogen and oxygen atoms in total. The van der Waals surface area contributed by atoms with Crippen molar-refractivity contribution in [3.8, 4) is 0 Å². The molecule has 3 saturated carbocycles. The Labute approximate surface area is 194 Å². The fourth-order valence-electron chi connectivity index (χ4n) is 7.53. The molecule has 0 aromatic rings. The Kier molecular flexibility index (Phi) is 6.30. The van der Waals surface area contributed by atoms with E-state index in [9.17, 15) is 15.0 Å². The summed E-state index contributed by atoms with van der Waals surface area (Å²) in [5, 5.41) is 25.3. The van der Waals surface area contributed by atoms with E-state index >= 15 is 0 Å². The standard InChI is InChI=1S/C27H44N2O3/c1-6-15-29(24(31)28-18(2)3)17-27(32)14-11-23-21-8-7-19-16-20(30)9-12-25(19,4)22(21)10-13-26(23,27)5/h7-8,18,20,22-23,30,32H,6,9-17H2,1-5H3,(H,28,31). The van der Waals surface area contributed by atoms with E-state index in [0.29, 0.717) is 24.9 Å². The van der Waals surface area contributed by atoms with Gasteiger partial charge in [0.05, 0.1) is 18.2 Å². The highest BCUT2D eigenvalue weighted by Gasteiger charge is 2.62. The number of hydrogen-bond acceptors (Lipinski definition) is 3. The van der Waals surface area contributed by atoms with Gasteiger partial charge >= 0.3 is 6.03 Å². The van der Waals surface area contributed by atoms with Crippen molar-refractivity contribution < 1.29 is 15.0 Å². The van der Waals surface area contributed by atoms with Gasteiger partial charge in [-0.25, -0.2) is 4.79 Å². The second-order valence-electron chi connectivity index (χ2n) is 11.8. The fraction of sp³-hybridized carbons (Fsp3) is 0.815. The largest absolute Gasteiger partial charge is 0.393 e. The maximum atomic E-state index is 12.9. The molecule has 0 aromatic carbocycles. The summed E-state index contributed by atoms with van der Waals surface area (Å²) in [7, 11) is 0. The predicted octanol–water partition coefficient (Wildman–Crippen LogP) is 4.79. The van der Waals surface area contributed by atoms with Crippen LogP contribution in [0, 0.1) is 22.7 Å². The average molecular weight is 445 g/mol. The molecule has 180 valence electrons. The van der Waals surface area contributed by atoms with Crippen molar-refractivity contribution in [1.82, 2.24) is 10.2 Å². The van der Waals surface area contributed by atoms with Crippen LogP contribution in [0.4, 0.5) is 4.79 Å². The van der Waals surface area contributed by atoms with E-state index in [1.54, 1.807) is 0 Å². The Morgan fingerprint density at radius 1 is 1.16 bits per heavy atom. The number of fused-ring (bicyclic) bond motifs is 5. The van der Waals surface area contributed by atoms with Gasteiger partial charge < -0.3 is 20.4 Å². The van der Waals surface area contributed by atoms with Crippen molar-refractivity contribution in [2.45, 2.75) is 104 Å². The van der Waals surface area contributed by atoms with E-state index in [-0.39, 0.29) is 29.0 Å². The Balaban J connectivity index is 1.60. The normalized spacial score (nSPS) is 40.7. The summed E-state index contributed by atoms with van der Waals surface area (Å²) in [6.07, 6.45) is 11.9. The number of amides is 2. The molecule has 0 heterocycles. The minimum Gasteiger partial charge on any atom is -0.393 e. The lowest BCUT2D eigenvalue weighted by Crippen LogP contribution is -2.58. The Hall–Kier alpha value is -1.33. The number of rotatable bonds is 5. The molecule has 5 heteroatoms. The van der Waals surface area contributed by atoms with Crippen LogP contribution in [-0.2, 0) is 0 Å². The number of carbonyl (C=O) groups is 1. The van der Waals surface area contributed by atoms with Gasteiger partial charge in [-0.3, -0.25) is 0 Å². The average Bonchev–Trinajstić information content (AvgIpc) is 2.98. The van der Waals surface area contributed by atoms with E-state index in [0.717, 1.165) is 51.4 Å². The topological polar surface area (TPSA) is 72.8 Å². The lowest BCUT2D eigenvalue weighted by Gasteiger charge is -2.56. The number of aliphatic hydroxyl groups excluding tert-OH is 1. The van der Waals surface area contributed by atoms with Gasteiger partial charge in [0.2, 0.25) is 0 Å². The van der Waals surface area contributed by atoms with Crippen LogP contribution in [0.5, 0.6) is 0 Å². The first-order valence-electron chi connectivity index (χ1n) is 12.9. The third-order valence-electron chi connectivity index (χ3n) is 9.51. The van der Waals surface area contributed by atoms with Gasteiger partial charge in [0.1, 0.15) is 0 Å². The van der Waals surface area contributed by atoms with Gasteiger partial charge in [-0.15, -0.1) is 0 Å². The molecule has 0 aliphatic heterocycles. The molecule has 3 fully saturated rings. The Morgan fingerprint density at radius 2 is 1.88 bits per heavy atom. The summed E-state index contributed by atoms with van der Waals surface area (Å²) in [5.41, 5.74) is 2.01. The van der Waals surface area contributed by atoms with Crippen LogP contribution in [0.15, 0.2) is 23.3 Å². The maximum Gasteiger partial charge on any atom is 0.317 e. The van der Waals surface area contributed by atoms with Crippen LogP contribution in [-0.4, -0.2) is 52.0 Å². The highest BCUT2D eigenvalue weighted by Crippen LogP contribution is 2.65. The highest BCUT2D eigenvalue weighted by atomic mass is 16.3. The van der Waals surface area contributed by atoms with Crippen LogP contribution in [0.3, 0.4) is 0 Å². The zero-order valence-electron chi connectivity index (χ0n) is 20.8. The minimum absolute atomic E-state index is 0.0613. The fourth-order valence-corrected chi connectivity index (χ4v) is 7.53. The van der Waals surface area contributed by atoms with E-state index in [4.69, 9.17) is 0 Å². The molecular formula is C27H44N2O3. The third-order valence-corrected chi connectivity index (χ3v) is 9.51. The first-order chi connectivity index (χ1) is 15.0. The number of nitrogens with zero attached hydrogens (tertiary/aromatic N) is 1. The molecule has 0 spiro atoms. The van der Waals surface area contributed by atoms with E-state index in [1.165, 1.54) is 11.1 Å². The highest BCUT2D eigenvalue weighted by molar-refractivity contribution is 5.74. The first-order valence-corrected chi connectivity index (χ1v) is 12.9. The van der Waals surface area contributed by atoms with Crippen molar-refractivity contribution in [1.29, 1.82) is 0 Å². The SMILES string of the molecule is CCCN(CC1(O)CCC2C3=CC=C4CC(O)CCC4(C)C3CCC21C)C(=O)NC(C)C. The van der Waals surface area contributed by atoms with Gasteiger partial charge in [0.25, 0.3) is 0 Å². The maximum absolute atomic E-state index is 12.9. The van der Waals surface area contributed by atoms with Crippen molar-refractivity contribution in [2.75, 3.05) is 13.1 Å². The smallest absolute Gasteiger partial charge is 0.317 e. The molecule has 0 saturated heterocycles. The first kappa shape index (κ1) is 23.8. The predicted molar refractivity (Wildman–Crippen MR) is 128 cm³/mol. The molecule has 4 aliphatic carbocycles. The van der Waals surface area contributed by atoms with E-state index in [1.807, 2.05) is 18.7 Å². The molecule has 6 atom stereocenters. The second kappa shape index (κ2) is 8.47. The molecule has 0 bridgehead atoms. The van der Waals surface area contributed by atoms with Crippen LogP contribution in [0.2, 0.25) is 0 Å². The van der Waals surface area contributed by atoms with E-state index in [2.05, 4.69) is 38.2 Å². The number of allylic oxidation sites excluding steroid dienone is 3. The molecule has 4 aliphatic rings. The van der Waals surface area contributed by atoms with Crippen LogP contribution >= 0.6 is 0 Å². The minimum atomic E-state index is -0.860. The molecule has 3 N–H and O–H groups in total. The van der Waals surface area contributed by atoms with Crippen LogP contribution in [0.25, 0.3) is 0 Å². The number of carbonyl (C=O) groups excluding carboxylic acids is 1. The van der Waals surface area contributed by atoms with Gasteiger partial charge in [-0.1, -0.05) is 44.1 Å². The van der Waals surface area contributed by atoms with Crippen LogP contribution < -0.4 is 5.32 Å². The zero-order chi connectivity index (χ0) is 23.3. The van der Waals surface area contributed by atoms with Crippen LogP contribution in [0.1, 0.15) is 86.0 Å². The van der Waals surface area contributed by atoms with Gasteiger partial charge in [0, 0.05) is 18.0 Å². The van der Waals surface area contributed by atoms with Crippen molar-refractivity contribution in [3.63, 3.8) is 0 Å². The summed E-state index contributed by atoms with van der Waals surface area (Å²) in [5.74, 6) is 0.885. The second-order valence-corrected chi connectivity index (χ2v) is 11.8.